The third-order valence-corrected chi connectivity index (χ3v) is 3.95. The van der Waals surface area contributed by atoms with Crippen LogP contribution in [0.2, 0.25) is 0 Å². The summed E-state index contributed by atoms with van der Waals surface area (Å²) in [6.07, 6.45) is 0. The van der Waals surface area contributed by atoms with E-state index in [9.17, 15) is 5.11 Å². The number of hydrogen-bond donors (Lipinski definition) is 1. The molecule has 0 spiro atoms. The number of fused-ring (bicyclic) bond motifs is 1. The number of halogens is 1. The standard InChI is InChI=1S/C11H13NO.C6H5Br/c1-8-10(7-13)9-5-3-4-6-11(9)12(8)2;7-6-4-2-1-3-5-6/h3-6,13H,7H2,1-2H3;1-5H. The van der Waals surface area contributed by atoms with E-state index in [2.05, 4.69) is 26.6 Å². The summed E-state index contributed by atoms with van der Waals surface area (Å²) in [5.74, 6) is 0. The summed E-state index contributed by atoms with van der Waals surface area (Å²) in [7, 11) is 2.02. The Bertz CT molecular complexity index is 689. The number of aliphatic hydroxyl groups excluding tert-OH is 1. The molecule has 20 heavy (non-hydrogen) atoms. The second-order valence-corrected chi connectivity index (χ2v) is 5.51. The van der Waals surface area contributed by atoms with Crippen LogP contribution in [0, 0.1) is 6.92 Å². The van der Waals surface area contributed by atoms with Crippen molar-refractivity contribution in [3.63, 3.8) is 0 Å². The molecule has 1 aromatic heterocycles. The average Bonchev–Trinajstić information content (AvgIpc) is 2.73. The van der Waals surface area contributed by atoms with E-state index in [4.69, 9.17) is 0 Å². The van der Waals surface area contributed by atoms with Gasteiger partial charge in [0.25, 0.3) is 0 Å². The SMILES string of the molecule is Brc1ccccc1.Cc1c(CO)c2ccccc2n1C. The molecule has 0 amide bonds. The first-order valence-corrected chi connectivity index (χ1v) is 7.28. The summed E-state index contributed by atoms with van der Waals surface area (Å²) in [6.45, 7) is 2.15. The van der Waals surface area contributed by atoms with Crippen molar-refractivity contribution in [2.75, 3.05) is 0 Å². The van der Waals surface area contributed by atoms with Crippen molar-refractivity contribution in [1.29, 1.82) is 0 Å². The van der Waals surface area contributed by atoms with E-state index >= 15 is 0 Å². The summed E-state index contributed by atoms with van der Waals surface area (Å²) in [5, 5.41) is 10.4. The Kier molecular flexibility index (Phi) is 4.99. The van der Waals surface area contributed by atoms with Crippen molar-refractivity contribution in [2.24, 2.45) is 7.05 Å². The molecule has 2 nitrogen and oxygen atoms in total. The molecule has 0 fully saturated rings. The lowest BCUT2D eigenvalue weighted by Gasteiger charge is -1.97. The van der Waals surface area contributed by atoms with Crippen molar-refractivity contribution in [1.82, 2.24) is 4.57 Å². The third-order valence-electron chi connectivity index (χ3n) is 3.42. The van der Waals surface area contributed by atoms with Gasteiger partial charge in [0.1, 0.15) is 0 Å². The predicted molar refractivity (Wildman–Crippen MR) is 87.7 cm³/mol. The fourth-order valence-corrected chi connectivity index (χ4v) is 2.52. The number of hydrogen-bond acceptors (Lipinski definition) is 1. The minimum atomic E-state index is 0.118. The van der Waals surface area contributed by atoms with Gasteiger partial charge in [0.15, 0.2) is 0 Å². The fraction of sp³-hybridized carbons (Fsp3) is 0.176. The van der Waals surface area contributed by atoms with Crippen molar-refractivity contribution in [2.45, 2.75) is 13.5 Å². The fourth-order valence-electron chi connectivity index (χ4n) is 2.21. The summed E-state index contributed by atoms with van der Waals surface area (Å²) in [6, 6.07) is 18.1. The van der Waals surface area contributed by atoms with Crippen LogP contribution in [-0.2, 0) is 13.7 Å². The molecule has 0 bridgehead atoms. The van der Waals surface area contributed by atoms with E-state index in [1.165, 1.54) is 5.52 Å². The lowest BCUT2D eigenvalue weighted by molar-refractivity contribution is 0.282. The molecule has 0 saturated carbocycles. The maximum absolute atomic E-state index is 9.22. The van der Waals surface area contributed by atoms with Gasteiger partial charge in [-0.2, -0.15) is 0 Å². The molecule has 0 aliphatic rings. The van der Waals surface area contributed by atoms with Gasteiger partial charge in [-0.25, -0.2) is 0 Å². The lowest BCUT2D eigenvalue weighted by atomic mass is 10.1. The van der Waals surface area contributed by atoms with Gasteiger partial charge < -0.3 is 9.67 Å². The zero-order valence-corrected chi connectivity index (χ0v) is 13.3. The van der Waals surface area contributed by atoms with Crippen LogP contribution in [0.25, 0.3) is 10.9 Å². The summed E-state index contributed by atoms with van der Waals surface area (Å²) in [5.41, 5.74) is 3.37. The first kappa shape index (κ1) is 14.8. The Morgan fingerprint density at radius 2 is 1.60 bits per heavy atom. The molecule has 0 aliphatic heterocycles. The molecule has 0 atom stereocenters. The Labute approximate surface area is 127 Å². The zero-order valence-electron chi connectivity index (χ0n) is 11.7. The molecule has 0 radical (unpaired) electrons. The van der Waals surface area contributed by atoms with Crippen LogP contribution < -0.4 is 0 Å². The van der Waals surface area contributed by atoms with Gasteiger partial charge in [-0.05, 0) is 25.1 Å². The van der Waals surface area contributed by atoms with Crippen molar-refractivity contribution < 1.29 is 5.11 Å². The van der Waals surface area contributed by atoms with E-state index < -0.39 is 0 Å². The Balaban J connectivity index is 0.000000178. The molecule has 0 saturated heterocycles. The van der Waals surface area contributed by atoms with Gasteiger partial charge in [0.2, 0.25) is 0 Å². The van der Waals surface area contributed by atoms with E-state index in [1.807, 2.05) is 62.5 Å². The average molecular weight is 332 g/mol. The molecule has 1 N–H and O–H groups in total. The monoisotopic (exact) mass is 331 g/mol. The van der Waals surface area contributed by atoms with Crippen LogP contribution in [-0.4, -0.2) is 9.67 Å². The predicted octanol–water partition coefficient (Wildman–Crippen LogP) is 4.43. The normalized spacial score (nSPS) is 10.2. The van der Waals surface area contributed by atoms with Gasteiger partial charge in [-0.1, -0.05) is 52.3 Å². The summed E-state index contributed by atoms with van der Waals surface area (Å²) < 4.78 is 3.25. The quantitative estimate of drug-likeness (QED) is 0.701. The first-order chi connectivity index (χ1) is 9.65. The highest BCUT2D eigenvalue weighted by molar-refractivity contribution is 9.10. The maximum atomic E-state index is 9.22. The molecule has 3 rings (SSSR count). The Morgan fingerprint density at radius 1 is 1.00 bits per heavy atom. The van der Waals surface area contributed by atoms with E-state index in [1.54, 1.807) is 0 Å². The largest absolute Gasteiger partial charge is 0.392 e. The van der Waals surface area contributed by atoms with Gasteiger partial charge in [0.05, 0.1) is 6.61 Å². The first-order valence-electron chi connectivity index (χ1n) is 6.49. The van der Waals surface area contributed by atoms with Crippen LogP contribution in [0.1, 0.15) is 11.3 Å². The molecule has 3 heteroatoms. The van der Waals surface area contributed by atoms with Crippen LogP contribution in [0.5, 0.6) is 0 Å². The molecular formula is C17H18BrNO. The topological polar surface area (TPSA) is 25.2 Å². The molecular weight excluding hydrogens is 314 g/mol. The van der Waals surface area contributed by atoms with E-state index in [-0.39, 0.29) is 6.61 Å². The van der Waals surface area contributed by atoms with Gasteiger partial charge in [-0.3, -0.25) is 0 Å². The zero-order chi connectivity index (χ0) is 14.5. The van der Waals surface area contributed by atoms with Gasteiger partial charge in [-0.15, -0.1) is 0 Å². The number of para-hydroxylation sites is 1. The lowest BCUT2D eigenvalue weighted by Crippen LogP contribution is -1.91. The smallest absolute Gasteiger partial charge is 0.0705 e. The highest BCUT2D eigenvalue weighted by Gasteiger charge is 2.09. The maximum Gasteiger partial charge on any atom is 0.0705 e. The molecule has 2 aromatic carbocycles. The van der Waals surface area contributed by atoms with Gasteiger partial charge >= 0.3 is 0 Å². The minimum absolute atomic E-state index is 0.118. The second-order valence-electron chi connectivity index (χ2n) is 4.59. The van der Waals surface area contributed by atoms with Crippen molar-refractivity contribution >= 4 is 26.8 Å². The number of benzene rings is 2. The highest BCUT2D eigenvalue weighted by atomic mass is 79.9. The number of aromatic nitrogens is 1. The van der Waals surface area contributed by atoms with Crippen molar-refractivity contribution in [3.05, 3.63) is 70.3 Å². The molecule has 104 valence electrons. The van der Waals surface area contributed by atoms with Crippen LogP contribution in [0.4, 0.5) is 0 Å². The third kappa shape index (κ3) is 3.11. The summed E-state index contributed by atoms with van der Waals surface area (Å²) >= 11 is 3.31. The highest BCUT2D eigenvalue weighted by Crippen LogP contribution is 2.24. The number of aryl methyl sites for hydroxylation is 1. The Hall–Kier alpha value is -1.58. The second kappa shape index (κ2) is 6.73. The number of rotatable bonds is 1. The molecule has 0 unspecified atom stereocenters. The number of aliphatic hydroxyl groups is 1. The van der Waals surface area contributed by atoms with Crippen LogP contribution >= 0.6 is 15.9 Å². The van der Waals surface area contributed by atoms with Gasteiger partial charge in [0, 0.05) is 33.7 Å². The molecule has 3 aromatic rings. The molecule has 1 heterocycles. The summed E-state index contributed by atoms with van der Waals surface area (Å²) in [4.78, 5) is 0. The van der Waals surface area contributed by atoms with Crippen LogP contribution in [0.15, 0.2) is 59.1 Å². The molecule has 0 aliphatic carbocycles. The number of nitrogens with zero attached hydrogens (tertiary/aromatic N) is 1. The van der Waals surface area contributed by atoms with Crippen LogP contribution in [0.3, 0.4) is 0 Å². The minimum Gasteiger partial charge on any atom is -0.392 e. The van der Waals surface area contributed by atoms with E-state index in [0.29, 0.717) is 0 Å². The van der Waals surface area contributed by atoms with E-state index in [0.717, 1.165) is 21.1 Å². The Morgan fingerprint density at radius 3 is 2.15 bits per heavy atom. The van der Waals surface area contributed by atoms with Crippen molar-refractivity contribution in [3.8, 4) is 0 Å².